The van der Waals surface area contributed by atoms with Gasteiger partial charge in [0.1, 0.15) is 5.75 Å². The molecule has 0 aliphatic heterocycles. The predicted octanol–water partition coefficient (Wildman–Crippen LogP) is 2.51. The second-order valence-corrected chi connectivity index (χ2v) is 8.33. The lowest BCUT2D eigenvalue weighted by molar-refractivity contribution is -0.274. The van der Waals surface area contributed by atoms with Crippen molar-refractivity contribution in [3.8, 4) is 5.75 Å². The summed E-state index contributed by atoms with van der Waals surface area (Å²) in [5, 5.41) is 7.17. The van der Waals surface area contributed by atoms with E-state index in [1.54, 1.807) is 0 Å². The van der Waals surface area contributed by atoms with Crippen molar-refractivity contribution in [3.63, 3.8) is 0 Å². The lowest BCUT2D eigenvalue weighted by Gasteiger charge is -2.12. The van der Waals surface area contributed by atoms with E-state index < -0.39 is 21.4 Å². The lowest BCUT2D eigenvalue weighted by Crippen LogP contribution is -2.26. The molecule has 0 amide bonds. The highest BCUT2D eigenvalue weighted by molar-refractivity contribution is 7.91. The normalized spacial score (nSPS) is 14.2. The fourth-order valence-electron chi connectivity index (χ4n) is 1.84. The highest BCUT2D eigenvalue weighted by Gasteiger charge is 2.31. The molecule has 0 aliphatic carbocycles. The third-order valence-corrected chi connectivity index (χ3v) is 5.65. The number of hydrogen-bond donors (Lipinski definition) is 1. The van der Waals surface area contributed by atoms with E-state index in [4.69, 9.17) is 5.41 Å². The maximum absolute atomic E-state index is 12.2. The third kappa shape index (κ3) is 3.80. The van der Waals surface area contributed by atoms with E-state index in [2.05, 4.69) is 4.74 Å². The Kier molecular flexibility index (Phi) is 4.26. The predicted molar refractivity (Wildman–Crippen MR) is 76.7 cm³/mol. The van der Waals surface area contributed by atoms with Gasteiger partial charge in [-0.2, -0.15) is 0 Å². The summed E-state index contributed by atoms with van der Waals surface area (Å²) < 4.78 is 65.3. The number of sulfone groups is 1. The molecule has 0 aliphatic rings. The Morgan fingerprint density at radius 3 is 2.59 bits per heavy atom. The molecule has 0 fully saturated rings. The lowest BCUT2D eigenvalue weighted by atomic mass is 10.3. The van der Waals surface area contributed by atoms with Crippen LogP contribution in [-0.4, -0.2) is 30.9 Å². The van der Waals surface area contributed by atoms with Crippen LogP contribution in [0.4, 0.5) is 13.2 Å². The first-order valence-electron chi connectivity index (χ1n) is 6.10. The number of thiazole rings is 1. The van der Waals surface area contributed by atoms with Crippen LogP contribution in [-0.2, 0) is 16.4 Å². The highest BCUT2D eigenvalue weighted by Crippen LogP contribution is 2.28. The molecule has 0 radical (unpaired) electrons. The van der Waals surface area contributed by atoms with Crippen LogP contribution in [0.25, 0.3) is 10.2 Å². The first-order valence-corrected chi connectivity index (χ1v) is 8.87. The van der Waals surface area contributed by atoms with E-state index in [1.165, 1.54) is 23.6 Å². The first-order chi connectivity index (χ1) is 9.97. The largest absolute Gasteiger partial charge is 0.573 e. The molecule has 0 bridgehead atoms. The van der Waals surface area contributed by atoms with E-state index in [1.807, 2.05) is 0 Å². The number of nitrogens with zero attached hydrogens (tertiary/aromatic N) is 1. The van der Waals surface area contributed by atoms with Crippen molar-refractivity contribution >= 4 is 31.4 Å². The number of fused-ring (bicyclic) bond motifs is 1. The van der Waals surface area contributed by atoms with Gasteiger partial charge in [0.25, 0.3) is 0 Å². The van der Waals surface area contributed by atoms with Crippen LogP contribution in [0, 0.1) is 5.41 Å². The van der Waals surface area contributed by atoms with Gasteiger partial charge in [-0.1, -0.05) is 11.3 Å². The zero-order valence-electron chi connectivity index (χ0n) is 11.6. The van der Waals surface area contributed by atoms with E-state index >= 15 is 0 Å². The maximum Gasteiger partial charge on any atom is 0.573 e. The summed E-state index contributed by atoms with van der Waals surface area (Å²) in [4.78, 5) is 0.0645. The monoisotopic (exact) mass is 354 g/mol. The quantitative estimate of drug-likeness (QED) is 0.917. The van der Waals surface area contributed by atoms with Gasteiger partial charge in [0.2, 0.25) is 0 Å². The Morgan fingerprint density at radius 1 is 1.41 bits per heavy atom. The molecule has 22 heavy (non-hydrogen) atoms. The highest BCUT2D eigenvalue weighted by atomic mass is 32.2. The molecule has 0 spiro atoms. The Bertz CT molecular complexity index is 853. The molecule has 1 N–H and O–H groups in total. The minimum atomic E-state index is -4.78. The van der Waals surface area contributed by atoms with Crippen LogP contribution >= 0.6 is 11.3 Å². The van der Waals surface area contributed by atoms with Crippen molar-refractivity contribution in [1.29, 1.82) is 5.41 Å². The van der Waals surface area contributed by atoms with Crippen molar-refractivity contribution < 1.29 is 26.3 Å². The third-order valence-electron chi connectivity index (χ3n) is 3.08. The number of nitrogens with one attached hydrogen (secondary N) is 1. The molecular formula is C12H13F3N2O3S2. The summed E-state index contributed by atoms with van der Waals surface area (Å²) >= 11 is 0.959. The Labute approximate surface area is 128 Å². The van der Waals surface area contributed by atoms with Gasteiger partial charge in [-0.3, -0.25) is 5.41 Å². The molecule has 2 rings (SSSR count). The van der Waals surface area contributed by atoms with Crippen LogP contribution in [0.3, 0.4) is 0 Å². The molecule has 1 atom stereocenters. The first kappa shape index (κ1) is 16.8. The minimum absolute atomic E-state index is 0.0645. The van der Waals surface area contributed by atoms with Crippen LogP contribution in [0.15, 0.2) is 18.2 Å². The van der Waals surface area contributed by atoms with Crippen molar-refractivity contribution in [3.05, 3.63) is 23.0 Å². The van der Waals surface area contributed by atoms with Gasteiger partial charge >= 0.3 is 6.36 Å². The Hall–Kier alpha value is -1.55. The molecule has 1 heterocycles. The summed E-state index contributed by atoms with van der Waals surface area (Å²) in [5.41, 5.74) is 0.500. The second-order valence-electron chi connectivity index (χ2n) is 4.84. The van der Waals surface area contributed by atoms with E-state index in [0.717, 1.165) is 23.7 Å². The fraction of sp³-hybridized carbons (Fsp3) is 0.417. The summed E-state index contributed by atoms with van der Waals surface area (Å²) in [6.45, 7) is 1.59. The Morgan fingerprint density at radius 2 is 2.05 bits per heavy atom. The average molecular weight is 354 g/mol. The van der Waals surface area contributed by atoms with Gasteiger partial charge in [0.15, 0.2) is 14.6 Å². The van der Waals surface area contributed by atoms with E-state index in [-0.39, 0.29) is 17.1 Å². The van der Waals surface area contributed by atoms with Gasteiger partial charge in [-0.25, -0.2) is 8.42 Å². The zero-order chi connectivity index (χ0) is 16.7. The number of benzene rings is 1. The number of aromatic nitrogens is 1. The van der Waals surface area contributed by atoms with Crippen molar-refractivity contribution in [2.24, 2.45) is 0 Å². The van der Waals surface area contributed by atoms with Gasteiger partial charge in [-0.05, 0) is 25.1 Å². The van der Waals surface area contributed by atoms with Gasteiger partial charge in [0.05, 0.1) is 15.5 Å². The van der Waals surface area contributed by atoms with Crippen molar-refractivity contribution in [2.75, 3.05) is 6.26 Å². The van der Waals surface area contributed by atoms with Gasteiger partial charge < -0.3 is 9.30 Å². The number of alkyl halides is 3. The molecular weight excluding hydrogens is 341 g/mol. The number of halogens is 3. The van der Waals surface area contributed by atoms with Crippen molar-refractivity contribution in [1.82, 2.24) is 4.57 Å². The molecule has 0 saturated carbocycles. The summed E-state index contributed by atoms with van der Waals surface area (Å²) in [5.74, 6) is -0.371. The molecule has 5 nitrogen and oxygen atoms in total. The van der Waals surface area contributed by atoms with Crippen LogP contribution in [0.2, 0.25) is 0 Å². The molecule has 1 aromatic heterocycles. The second kappa shape index (κ2) is 5.58. The van der Waals surface area contributed by atoms with Crippen LogP contribution in [0.1, 0.15) is 6.92 Å². The molecule has 122 valence electrons. The molecule has 10 heteroatoms. The molecule has 2 aromatic rings. The number of rotatable bonds is 4. The van der Waals surface area contributed by atoms with E-state index in [0.29, 0.717) is 10.2 Å². The summed E-state index contributed by atoms with van der Waals surface area (Å²) in [6, 6.07) is 3.72. The number of hydrogen-bond acceptors (Lipinski definition) is 5. The number of ether oxygens (including phenoxy) is 1. The standard InChI is InChI=1S/C12H13F3N2O3S2/c1-7(22(2,18)19)6-17-9-4-3-8(20-12(13,14)15)5-10(9)21-11(17)16/h3-5,7,16H,6H2,1-2H3. The Balaban J connectivity index is 2.42. The minimum Gasteiger partial charge on any atom is -0.406 e. The SMILES string of the molecule is CC(Cn1c(=N)sc2cc(OC(F)(F)F)ccc21)S(C)(=O)=O. The molecule has 1 unspecified atom stereocenters. The average Bonchev–Trinajstić information content (AvgIpc) is 2.62. The van der Waals surface area contributed by atoms with Crippen LogP contribution in [0.5, 0.6) is 5.75 Å². The molecule has 1 aromatic carbocycles. The van der Waals surface area contributed by atoms with Gasteiger partial charge in [-0.15, -0.1) is 13.2 Å². The fourth-order valence-corrected chi connectivity index (χ4v) is 3.21. The van der Waals surface area contributed by atoms with Gasteiger partial charge in [0, 0.05) is 12.8 Å². The molecule has 0 saturated heterocycles. The summed E-state index contributed by atoms with van der Waals surface area (Å²) in [6.07, 6.45) is -3.68. The van der Waals surface area contributed by atoms with Crippen molar-refractivity contribution in [2.45, 2.75) is 25.1 Å². The zero-order valence-corrected chi connectivity index (χ0v) is 13.3. The van der Waals surface area contributed by atoms with Crippen LogP contribution < -0.4 is 9.54 Å². The van der Waals surface area contributed by atoms with E-state index in [9.17, 15) is 21.6 Å². The maximum atomic E-state index is 12.2. The smallest absolute Gasteiger partial charge is 0.406 e. The summed E-state index contributed by atoms with van der Waals surface area (Å²) in [7, 11) is -3.27. The topological polar surface area (TPSA) is 72.2 Å².